The Hall–Kier alpha value is -1.56. The molecule has 1 amide bonds. The molecule has 0 aliphatic carbocycles. The van der Waals surface area contributed by atoms with E-state index in [2.05, 4.69) is 10.5 Å². The van der Waals surface area contributed by atoms with Gasteiger partial charge in [-0.1, -0.05) is 34.4 Å². The largest absolute Gasteiger partial charge is 0.360 e. The van der Waals surface area contributed by atoms with E-state index in [1.165, 1.54) is 0 Å². The number of aryl methyl sites for hydroxylation is 1. The number of benzene rings is 1. The van der Waals surface area contributed by atoms with Crippen LogP contribution in [0.3, 0.4) is 0 Å². The first kappa shape index (κ1) is 15.8. The number of nitrogens with zero attached hydrogens (tertiary/aromatic N) is 1. The smallest absolute Gasteiger partial charge is 0.257 e. The Balaban J connectivity index is 2.50. The molecule has 1 atom stereocenters. The predicted molar refractivity (Wildman–Crippen MR) is 82.7 cm³/mol. The van der Waals surface area contributed by atoms with Crippen LogP contribution in [-0.4, -0.2) is 23.7 Å². The topological polar surface area (TPSA) is 81.2 Å². The zero-order chi connectivity index (χ0) is 15.6. The maximum atomic E-state index is 12.4. The molecule has 5 nitrogen and oxygen atoms in total. The highest BCUT2D eigenvalue weighted by Crippen LogP contribution is 2.36. The number of nitrogens with two attached hydrogens (primary N) is 1. The highest BCUT2D eigenvalue weighted by molar-refractivity contribution is 6.39. The van der Waals surface area contributed by atoms with Gasteiger partial charge in [-0.05, 0) is 26.0 Å². The van der Waals surface area contributed by atoms with Crippen LogP contribution < -0.4 is 11.1 Å². The molecule has 0 unspecified atom stereocenters. The summed E-state index contributed by atoms with van der Waals surface area (Å²) in [5.41, 5.74) is 6.62. The van der Waals surface area contributed by atoms with Crippen LogP contribution in [0.25, 0.3) is 11.3 Å². The van der Waals surface area contributed by atoms with Crippen LogP contribution in [0.2, 0.25) is 10.0 Å². The zero-order valence-electron chi connectivity index (χ0n) is 11.6. The number of rotatable bonds is 4. The first-order valence-corrected chi connectivity index (χ1v) is 7.12. The summed E-state index contributed by atoms with van der Waals surface area (Å²) in [4.78, 5) is 12.4. The lowest BCUT2D eigenvalue weighted by Crippen LogP contribution is -2.38. The molecule has 3 N–H and O–H groups in total. The third-order valence-electron chi connectivity index (χ3n) is 3.02. The van der Waals surface area contributed by atoms with E-state index in [1.807, 2.05) is 6.92 Å². The summed E-state index contributed by atoms with van der Waals surface area (Å²) in [5, 5.41) is 7.50. The number of carbonyl (C=O) groups is 1. The van der Waals surface area contributed by atoms with Gasteiger partial charge in [-0.25, -0.2) is 0 Å². The van der Waals surface area contributed by atoms with Crippen LogP contribution in [0.4, 0.5) is 0 Å². The Bertz CT molecular complexity index is 650. The molecule has 112 valence electrons. The van der Waals surface area contributed by atoms with Crippen LogP contribution in [0.5, 0.6) is 0 Å². The highest BCUT2D eigenvalue weighted by atomic mass is 35.5. The number of aromatic nitrogens is 1. The van der Waals surface area contributed by atoms with Gasteiger partial charge in [0.2, 0.25) is 0 Å². The standard InChI is InChI=1S/C14H15Cl2N3O2/c1-7(6-17)18-14(20)11-8(2)21-19-13(11)12-9(15)4-3-5-10(12)16/h3-5,7H,6,17H2,1-2H3,(H,18,20)/t7-/m0/s1. The normalized spacial score (nSPS) is 12.2. The van der Waals surface area contributed by atoms with Gasteiger partial charge in [0.25, 0.3) is 5.91 Å². The predicted octanol–water partition coefficient (Wildman–Crippen LogP) is 3.03. The number of amides is 1. The Morgan fingerprint density at radius 3 is 2.62 bits per heavy atom. The second-order valence-electron chi connectivity index (χ2n) is 4.67. The van der Waals surface area contributed by atoms with Crippen molar-refractivity contribution >= 4 is 29.1 Å². The molecule has 2 rings (SSSR count). The zero-order valence-corrected chi connectivity index (χ0v) is 13.1. The Morgan fingerprint density at radius 2 is 2.05 bits per heavy atom. The van der Waals surface area contributed by atoms with Crippen molar-refractivity contribution in [2.75, 3.05) is 6.54 Å². The van der Waals surface area contributed by atoms with Crippen molar-refractivity contribution in [1.82, 2.24) is 10.5 Å². The van der Waals surface area contributed by atoms with Gasteiger partial charge in [0.05, 0.1) is 10.0 Å². The van der Waals surface area contributed by atoms with Gasteiger partial charge in [0.15, 0.2) is 0 Å². The molecule has 7 heteroatoms. The van der Waals surface area contributed by atoms with Crippen molar-refractivity contribution < 1.29 is 9.32 Å². The van der Waals surface area contributed by atoms with Crippen LogP contribution in [0, 0.1) is 6.92 Å². The molecule has 0 spiro atoms. The van der Waals surface area contributed by atoms with Crippen LogP contribution >= 0.6 is 23.2 Å². The van der Waals surface area contributed by atoms with Gasteiger partial charge >= 0.3 is 0 Å². The minimum absolute atomic E-state index is 0.165. The first-order chi connectivity index (χ1) is 9.95. The molecule has 0 saturated heterocycles. The van der Waals surface area contributed by atoms with Crippen molar-refractivity contribution in [3.8, 4) is 11.3 Å². The average Bonchev–Trinajstić information content (AvgIpc) is 2.80. The maximum absolute atomic E-state index is 12.4. The second kappa shape index (κ2) is 6.47. The molecule has 21 heavy (non-hydrogen) atoms. The van der Waals surface area contributed by atoms with E-state index in [0.29, 0.717) is 39.2 Å². The van der Waals surface area contributed by atoms with E-state index in [1.54, 1.807) is 25.1 Å². The van der Waals surface area contributed by atoms with Gasteiger partial charge in [-0.3, -0.25) is 4.79 Å². The highest BCUT2D eigenvalue weighted by Gasteiger charge is 2.25. The molecule has 1 aromatic heterocycles. The van der Waals surface area contributed by atoms with Crippen molar-refractivity contribution in [1.29, 1.82) is 0 Å². The van der Waals surface area contributed by atoms with Crippen molar-refractivity contribution in [3.05, 3.63) is 39.6 Å². The van der Waals surface area contributed by atoms with Gasteiger partial charge in [0.1, 0.15) is 17.0 Å². The van der Waals surface area contributed by atoms with Crippen LogP contribution in [0.1, 0.15) is 23.0 Å². The lowest BCUT2D eigenvalue weighted by Gasteiger charge is -2.12. The minimum atomic E-state index is -0.322. The van der Waals surface area contributed by atoms with E-state index >= 15 is 0 Å². The fraction of sp³-hybridized carbons (Fsp3) is 0.286. The third kappa shape index (κ3) is 3.20. The van der Waals surface area contributed by atoms with Gasteiger partial charge in [-0.2, -0.15) is 0 Å². The summed E-state index contributed by atoms with van der Waals surface area (Å²) < 4.78 is 5.14. The number of nitrogens with one attached hydrogen (secondary N) is 1. The summed E-state index contributed by atoms with van der Waals surface area (Å²) in [7, 11) is 0. The Morgan fingerprint density at radius 1 is 1.43 bits per heavy atom. The van der Waals surface area contributed by atoms with Gasteiger partial charge in [0, 0.05) is 18.2 Å². The second-order valence-corrected chi connectivity index (χ2v) is 5.48. The molecule has 0 aliphatic heterocycles. The lowest BCUT2D eigenvalue weighted by atomic mass is 10.1. The van der Waals surface area contributed by atoms with E-state index in [9.17, 15) is 4.79 Å². The van der Waals surface area contributed by atoms with Crippen molar-refractivity contribution in [2.24, 2.45) is 5.73 Å². The Labute approximate surface area is 132 Å². The van der Waals surface area contributed by atoms with Gasteiger partial charge < -0.3 is 15.6 Å². The van der Waals surface area contributed by atoms with Crippen molar-refractivity contribution in [3.63, 3.8) is 0 Å². The fourth-order valence-electron chi connectivity index (χ4n) is 1.89. The van der Waals surface area contributed by atoms with E-state index in [0.717, 1.165) is 0 Å². The summed E-state index contributed by atoms with van der Waals surface area (Å²) in [6.45, 7) is 3.80. The molecule has 0 fully saturated rings. The minimum Gasteiger partial charge on any atom is -0.360 e. The Kier molecular flexibility index (Phi) is 4.88. The molecule has 1 heterocycles. The number of hydrogen-bond donors (Lipinski definition) is 2. The molecule has 1 aromatic carbocycles. The molecule has 0 bridgehead atoms. The van der Waals surface area contributed by atoms with Crippen LogP contribution in [0.15, 0.2) is 22.7 Å². The van der Waals surface area contributed by atoms with Gasteiger partial charge in [-0.15, -0.1) is 0 Å². The number of carbonyl (C=O) groups excluding carboxylic acids is 1. The number of hydrogen-bond acceptors (Lipinski definition) is 4. The molecule has 0 saturated carbocycles. The monoisotopic (exact) mass is 327 g/mol. The third-order valence-corrected chi connectivity index (χ3v) is 3.65. The molecule has 2 aromatic rings. The summed E-state index contributed by atoms with van der Waals surface area (Å²) in [6, 6.07) is 4.91. The molecule has 0 radical (unpaired) electrons. The fourth-order valence-corrected chi connectivity index (χ4v) is 2.47. The lowest BCUT2D eigenvalue weighted by molar-refractivity contribution is 0.0940. The molecular formula is C14H15Cl2N3O2. The molecule has 0 aliphatic rings. The summed E-state index contributed by atoms with van der Waals surface area (Å²) in [5.74, 6) is 0.0698. The van der Waals surface area contributed by atoms with Crippen LogP contribution in [-0.2, 0) is 0 Å². The van der Waals surface area contributed by atoms with E-state index in [-0.39, 0.29) is 11.9 Å². The SMILES string of the molecule is Cc1onc(-c2c(Cl)cccc2Cl)c1C(=O)N[C@@H](C)CN. The first-order valence-electron chi connectivity index (χ1n) is 6.37. The summed E-state index contributed by atoms with van der Waals surface area (Å²) >= 11 is 12.3. The average molecular weight is 328 g/mol. The maximum Gasteiger partial charge on any atom is 0.257 e. The quantitative estimate of drug-likeness (QED) is 0.904. The van der Waals surface area contributed by atoms with E-state index < -0.39 is 0 Å². The van der Waals surface area contributed by atoms with E-state index in [4.69, 9.17) is 33.5 Å². The van der Waals surface area contributed by atoms with Crippen molar-refractivity contribution in [2.45, 2.75) is 19.9 Å². The molecular weight excluding hydrogens is 313 g/mol. The number of halogens is 2. The summed E-state index contributed by atoms with van der Waals surface area (Å²) in [6.07, 6.45) is 0.